The second kappa shape index (κ2) is 7.89. The quantitative estimate of drug-likeness (QED) is 0.905. The van der Waals surface area contributed by atoms with Crippen molar-refractivity contribution in [1.29, 1.82) is 0 Å². The molecule has 1 amide bonds. The molecule has 0 aromatic heterocycles. The molecule has 2 aliphatic rings. The van der Waals surface area contributed by atoms with E-state index < -0.39 is 0 Å². The van der Waals surface area contributed by atoms with Crippen LogP contribution >= 0.6 is 12.4 Å². The van der Waals surface area contributed by atoms with Crippen molar-refractivity contribution < 1.29 is 9.53 Å². The first-order valence-corrected chi connectivity index (χ1v) is 8.67. The standard InChI is InChI=1S/C20H22N2O2.ClH/c23-20(22-16-8-9-17(22)14-21-13-12-16)15-6-10-19(11-7-15)24-18-4-2-1-3-5-18;/h1-7,10-11,16-17,21H,8-9,12-14H2;1H. The SMILES string of the molecule is Cl.O=C(c1ccc(Oc2ccccc2)cc1)N1C2CCNCC1CC2. The van der Waals surface area contributed by atoms with Crippen LogP contribution in [-0.2, 0) is 0 Å². The van der Waals surface area contributed by atoms with Gasteiger partial charge in [0.25, 0.3) is 5.91 Å². The lowest BCUT2D eigenvalue weighted by Gasteiger charge is -2.28. The molecule has 25 heavy (non-hydrogen) atoms. The lowest BCUT2D eigenvalue weighted by Crippen LogP contribution is -2.42. The van der Waals surface area contributed by atoms with Crippen LogP contribution in [0, 0.1) is 0 Å². The largest absolute Gasteiger partial charge is 0.457 e. The molecule has 2 fully saturated rings. The third-order valence-corrected chi connectivity index (χ3v) is 4.97. The Morgan fingerprint density at radius 3 is 2.36 bits per heavy atom. The normalized spacial score (nSPS) is 22.0. The molecule has 0 saturated carbocycles. The van der Waals surface area contributed by atoms with Crippen molar-refractivity contribution in [3.8, 4) is 11.5 Å². The van der Waals surface area contributed by atoms with Crippen LogP contribution in [0.1, 0.15) is 29.6 Å². The molecule has 0 spiro atoms. The molecular weight excluding hydrogens is 336 g/mol. The number of hydrogen-bond acceptors (Lipinski definition) is 3. The highest BCUT2D eigenvalue weighted by Crippen LogP contribution is 2.30. The molecule has 2 aliphatic heterocycles. The average molecular weight is 359 g/mol. The monoisotopic (exact) mass is 358 g/mol. The summed E-state index contributed by atoms with van der Waals surface area (Å²) in [5.41, 5.74) is 0.745. The minimum Gasteiger partial charge on any atom is -0.457 e. The van der Waals surface area contributed by atoms with E-state index in [4.69, 9.17) is 4.74 Å². The number of carbonyl (C=O) groups is 1. The molecule has 4 nitrogen and oxygen atoms in total. The summed E-state index contributed by atoms with van der Waals surface area (Å²) < 4.78 is 5.80. The van der Waals surface area contributed by atoms with E-state index in [1.807, 2.05) is 54.6 Å². The molecule has 2 unspecified atom stereocenters. The van der Waals surface area contributed by atoms with Gasteiger partial charge in [-0.3, -0.25) is 4.79 Å². The number of nitrogens with zero attached hydrogens (tertiary/aromatic N) is 1. The van der Waals surface area contributed by atoms with Gasteiger partial charge in [0, 0.05) is 24.2 Å². The summed E-state index contributed by atoms with van der Waals surface area (Å²) in [6.07, 6.45) is 3.29. The number of carbonyl (C=O) groups excluding carboxylic acids is 1. The van der Waals surface area contributed by atoms with E-state index in [-0.39, 0.29) is 18.3 Å². The molecule has 2 aromatic rings. The molecule has 0 radical (unpaired) electrons. The number of fused-ring (bicyclic) bond motifs is 2. The van der Waals surface area contributed by atoms with Gasteiger partial charge in [0.2, 0.25) is 0 Å². The maximum Gasteiger partial charge on any atom is 0.254 e. The van der Waals surface area contributed by atoms with Crippen LogP contribution in [0.5, 0.6) is 11.5 Å². The fraction of sp³-hybridized carbons (Fsp3) is 0.350. The van der Waals surface area contributed by atoms with Gasteiger partial charge in [-0.05, 0) is 62.2 Å². The summed E-state index contributed by atoms with van der Waals surface area (Å²) in [5, 5.41) is 3.44. The smallest absolute Gasteiger partial charge is 0.254 e. The minimum atomic E-state index is 0. The Bertz CT molecular complexity index is 691. The molecule has 2 heterocycles. The first kappa shape index (κ1) is 17.8. The number of hydrogen-bond donors (Lipinski definition) is 1. The maximum atomic E-state index is 12.9. The summed E-state index contributed by atoms with van der Waals surface area (Å²) >= 11 is 0. The van der Waals surface area contributed by atoms with E-state index in [1.54, 1.807) is 0 Å². The first-order chi connectivity index (χ1) is 11.8. The Morgan fingerprint density at radius 2 is 1.60 bits per heavy atom. The molecule has 4 rings (SSSR count). The van der Waals surface area contributed by atoms with Crippen LogP contribution in [0.3, 0.4) is 0 Å². The molecule has 0 aliphatic carbocycles. The lowest BCUT2D eigenvalue weighted by atomic mass is 10.1. The summed E-state index contributed by atoms with van der Waals surface area (Å²) in [7, 11) is 0. The molecule has 132 valence electrons. The highest BCUT2D eigenvalue weighted by atomic mass is 35.5. The van der Waals surface area contributed by atoms with E-state index in [1.165, 1.54) is 0 Å². The Hall–Kier alpha value is -2.04. The topological polar surface area (TPSA) is 41.6 Å². The van der Waals surface area contributed by atoms with Gasteiger partial charge in [-0.1, -0.05) is 18.2 Å². The molecule has 1 N–H and O–H groups in total. The van der Waals surface area contributed by atoms with Crippen molar-refractivity contribution in [2.45, 2.75) is 31.3 Å². The van der Waals surface area contributed by atoms with Gasteiger partial charge in [-0.15, -0.1) is 12.4 Å². The van der Waals surface area contributed by atoms with Gasteiger partial charge >= 0.3 is 0 Å². The Morgan fingerprint density at radius 1 is 0.920 bits per heavy atom. The van der Waals surface area contributed by atoms with Crippen LogP contribution in [-0.4, -0.2) is 36.0 Å². The van der Waals surface area contributed by atoms with Gasteiger partial charge in [0.05, 0.1) is 0 Å². The lowest BCUT2D eigenvalue weighted by molar-refractivity contribution is 0.0680. The third-order valence-electron chi connectivity index (χ3n) is 4.97. The second-order valence-electron chi connectivity index (χ2n) is 6.53. The molecule has 2 bridgehead atoms. The van der Waals surface area contributed by atoms with E-state index in [0.717, 1.165) is 49.4 Å². The summed E-state index contributed by atoms with van der Waals surface area (Å²) in [4.78, 5) is 15.0. The number of benzene rings is 2. The van der Waals surface area contributed by atoms with Gasteiger partial charge < -0.3 is 15.0 Å². The molecule has 5 heteroatoms. The van der Waals surface area contributed by atoms with Crippen molar-refractivity contribution in [2.24, 2.45) is 0 Å². The van der Waals surface area contributed by atoms with Gasteiger partial charge in [0.1, 0.15) is 11.5 Å². The van der Waals surface area contributed by atoms with E-state index in [2.05, 4.69) is 10.2 Å². The Kier molecular flexibility index (Phi) is 5.61. The van der Waals surface area contributed by atoms with Gasteiger partial charge in [0.15, 0.2) is 0 Å². The van der Waals surface area contributed by atoms with Crippen molar-refractivity contribution >= 4 is 18.3 Å². The van der Waals surface area contributed by atoms with Gasteiger partial charge in [-0.2, -0.15) is 0 Å². The zero-order chi connectivity index (χ0) is 16.4. The van der Waals surface area contributed by atoms with Crippen LogP contribution < -0.4 is 10.1 Å². The molecular formula is C20H23ClN2O2. The van der Waals surface area contributed by atoms with Crippen molar-refractivity contribution in [1.82, 2.24) is 10.2 Å². The van der Waals surface area contributed by atoms with E-state index in [9.17, 15) is 4.79 Å². The third kappa shape index (κ3) is 3.80. The fourth-order valence-corrected chi connectivity index (χ4v) is 3.75. The zero-order valence-corrected chi connectivity index (χ0v) is 14.9. The minimum absolute atomic E-state index is 0. The summed E-state index contributed by atoms with van der Waals surface area (Å²) in [6, 6.07) is 17.9. The van der Waals surface area contributed by atoms with Gasteiger partial charge in [-0.25, -0.2) is 0 Å². The van der Waals surface area contributed by atoms with Crippen LogP contribution in [0.15, 0.2) is 54.6 Å². The van der Waals surface area contributed by atoms with Crippen molar-refractivity contribution in [2.75, 3.05) is 13.1 Å². The van der Waals surface area contributed by atoms with E-state index >= 15 is 0 Å². The predicted octanol–water partition coefficient (Wildman–Crippen LogP) is 3.87. The van der Waals surface area contributed by atoms with Crippen molar-refractivity contribution in [3.63, 3.8) is 0 Å². The zero-order valence-electron chi connectivity index (χ0n) is 14.1. The molecule has 2 aromatic carbocycles. The Balaban J connectivity index is 0.00000182. The average Bonchev–Trinajstić information content (AvgIpc) is 2.89. The number of ether oxygens (including phenoxy) is 1. The predicted molar refractivity (Wildman–Crippen MR) is 101 cm³/mol. The van der Waals surface area contributed by atoms with Crippen LogP contribution in [0.25, 0.3) is 0 Å². The van der Waals surface area contributed by atoms with Crippen LogP contribution in [0.2, 0.25) is 0 Å². The molecule has 2 atom stereocenters. The van der Waals surface area contributed by atoms with Crippen LogP contribution in [0.4, 0.5) is 0 Å². The fourth-order valence-electron chi connectivity index (χ4n) is 3.75. The highest BCUT2D eigenvalue weighted by Gasteiger charge is 2.38. The highest BCUT2D eigenvalue weighted by molar-refractivity contribution is 5.95. The first-order valence-electron chi connectivity index (χ1n) is 8.67. The van der Waals surface area contributed by atoms with Crippen molar-refractivity contribution in [3.05, 3.63) is 60.2 Å². The number of amides is 1. The number of rotatable bonds is 3. The number of nitrogens with one attached hydrogen (secondary N) is 1. The van der Waals surface area contributed by atoms with E-state index in [0.29, 0.717) is 12.1 Å². The summed E-state index contributed by atoms with van der Waals surface area (Å²) in [5.74, 6) is 1.70. The second-order valence-corrected chi connectivity index (χ2v) is 6.53. The maximum absolute atomic E-state index is 12.9. The number of para-hydroxylation sites is 1. The number of halogens is 1. The molecule has 2 saturated heterocycles. The Labute approximate surface area is 154 Å². The summed E-state index contributed by atoms with van der Waals surface area (Å²) in [6.45, 7) is 1.92.